The van der Waals surface area contributed by atoms with Crippen LogP contribution in [-0.2, 0) is 4.79 Å². The largest absolute Gasteiger partial charge is 0.497 e. The van der Waals surface area contributed by atoms with Crippen LogP contribution in [0.2, 0.25) is 0 Å². The molecule has 0 aliphatic rings. The smallest absolute Gasteiger partial charge is 0.256 e. The number of nitrogen functional groups attached to an aromatic ring is 1. The number of hydrogen-bond donors (Lipinski definition) is 2. The minimum absolute atomic E-state index is 0.00246. The van der Waals surface area contributed by atoms with Gasteiger partial charge in [0.05, 0.1) is 19.2 Å². The van der Waals surface area contributed by atoms with Crippen molar-refractivity contribution in [3.63, 3.8) is 0 Å². The Hall–Kier alpha value is -2.24. The quantitative estimate of drug-likeness (QED) is 0.759. The van der Waals surface area contributed by atoms with Crippen LogP contribution >= 0.6 is 0 Å². The van der Waals surface area contributed by atoms with Crippen molar-refractivity contribution >= 4 is 17.5 Å². The van der Waals surface area contributed by atoms with E-state index in [2.05, 4.69) is 5.32 Å². The van der Waals surface area contributed by atoms with Gasteiger partial charge >= 0.3 is 0 Å². The molecule has 0 bridgehead atoms. The second kappa shape index (κ2) is 6.63. The first-order chi connectivity index (χ1) is 9.03. The van der Waals surface area contributed by atoms with Crippen molar-refractivity contribution in [3.8, 4) is 5.75 Å². The number of ether oxygens (including phenoxy) is 1. The third-order valence-electron chi connectivity index (χ3n) is 2.77. The molecule has 19 heavy (non-hydrogen) atoms. The summed E-state index contributed by atoms with van der Waals surface area (Å²) >= 11 is 0. The van der Waals surface area contributed by atoms with Crippen LogP contribution in [0, 0.1) is 0 Å². The van der Waals surface area contributed by atoms with Gasteiger partial charge < -0.3 is 20.7 Å². The molecule has 0 saturated heterocycles. The molecule has 0 saturated carbocycles. The number of benzene rings is 1. The molecule has 0 heterocycles. The van der Waals surface area contributed by atoms with E-state index in [1.165, 1.54) is 19.1 Å². The molecule has 0 fully saturated rings. The van der Waals surface area contributed by atoms with Crippen molar-refractivity contribution < 1.29 is 14.3 Å². The van der Waals surface area contributed by atoms with Crippen molar-refractivity contribution in [1.29, 1.82) is 0 Å². The fourth-order valence-electron chi connectivity index (χ4n) is 1.60. The molecular weight excluding hydrogens is 246 g/mol. The van der Waals surface area contributed by atoms with Gasteiger partial charge in [0.1, 0.15) is 5.75 Å². The van der Waals surface area contributed by atoms with E-state index in [1.807, 2.05) is 0 Å². The number of hydrogen-bond acceptors (Lipinski definition) is 4. The molecule has 1 rings (SSSR count). The van der Waals surface area contributed by atoms with Crippen molar-refractivity contribution in [3.05, 3.63) is 23.8 Å². The number of nitrogens with one attached hydrogen (secondary N) is 1. The van der Waals surface area contributed by atoms with Gasteiger partial charge in [-0.05, 0) is 25.1 Å². The third-order valence-corrected chi connectivity index (χ3v) is 2.77. The molecule has 6 nitrogen and oxygen atoms in total. The van der Waals surface area contributed by atoms with E-state index in [1.54, 1.807) is 25.1 Å². The Labute approximate surface area is 112 Å². The van der Waals surface area contributed by atoms with Crippen molar-refractivity contribution in [2.45, 2.75) is 6.92 Å². The van der Waals surface area contributed by atoms with Gasteiger partial charge in [0.2, 0.25) is 5.91 Å². The van der Waals surface area contributed by atoms with Gasteiger partial charge in [-0.1, -0.05) is 0 Å². The van der Waals surface area contributed by atoms with Crippen molar-refractivity contribution in [1.82, 2.24) is 10.2 Å². The van der Waals surface area contributed by atoms with E-state index in [9.17, 15) is 9.59 Å². The fourth-order valence-corrected chi connectivity index (χ4v) is 1.60. The molecule has 0 aliphatic carbocycles. The molecule has 6 heteroatoms. The lowest BCUT2D eigenvalue weighted by Gasteiger charge is -2.21. The van der Waals surface area contributed by atoms with Gasteiger partial charge in [-0.3, -0.25) is 9.59 Å². The van der Waals surface area contributed by atoms with E-state index in [0.717, 1.165) is 0 Å². The highest BCUT2D eigenvalue weighted by molar-refractivity contribution is 6.01. The summed E-state index contributed by atoms with van der Waals surface area (Å²) in [5, 5.41) is 2.48. The summed E-state index contributed by atoms with van der Waals surface area (Å²) in [4.78, 5) is 25.1. The van der Waals surface area contributed by atoms with E-state index in [4.69, 9.17) is 10.5 Å². The predicted molar refractivity (Wildman–Crippen MR) is 73.1 cm³/mol. The van der Waals surface area contributed by atoms with Crippen LogP contribution in [0.4, 0.5) is 5.69 Å². The average molecular weight is 265 g/mol. The summed E-state index contributed by atoms with van der Waals surface area (Å²) < 4.78 is 5.07. The van der Waals surface area contributed by atoms with Gasteiger partial charge in [0.15, 0.2) is 0 Å². The van der Waals surface area contributed by atoms with Crippen molar-refractivity contribution in [2.75, 3.05) is 33.0 Å². The highest BCUT2D eigenvalue weighted by atomic mass is 16.5. The molecule has 0 aliphatic heterocycles. The van der Waals surface area contributed by atoms with E-state index >= 15 is 0 Å². The zero-order valence-corrected chi connectivity index (χ0v) is 11.4. The molecule has 1 aromatic rings. The fraction of sp³-hybridized carbons (Fsp3) is 0.385. The number of carbonyl (C=O) groups excluding carboxylic acids is 2. The van der Waals surface area contributed by atoms with Crippen LogP contribution in [-0.4, -0.2) is 44.0 Å². The van der Waals surface area contributed by atoms with E-state index < -0.39 is 0 Å². The number of nitrogens with zero attached hydrogens (tertiary/aromatic N) is 1. The molecule has 0 radical (unpaired) electrons. The lowest BCUT2D eigenvalue weighted by molar-refractivity contribution is -0.121. The van der Waals surface area contributed by atoms with Crippen LogP contribution in [0.5, 0.6) is 5.75 Å². The molecule has 1 aromatic carbocycles. The Bertz CT molecular complexity index is 474. The minimum atomic E-state index is -0.289. The summed E-state index contributed by atoms with van der Waals surface area (Å²) in [6, 6.07) is 4.87. The monoisotopic (exact) mass is 265 g/mol. The number of likely N-dealkylation sites (N-methyl/N-ethyl adjacent to an activating group) is 2. The Morgan fingerprint density at radius 1 is 1.42 bits per heavy atom. The zero-order chi connectivity index (χ0) is 14.4. The van der Waals surface area contributed by atoms with Crippen LogP contribution in [0.1, 0.15) is 17.3 Å². The van der Waals surface area contributed by atoms with Crippen LogP contribution in [0.15, 0.2) is 18.2 Å². The van der Waals surface area contributed by atoms with E-state index in [-0.39, 0.29) is 18.4 Å². The number of anilines is 1. The standard InChI is InChI=1S/C13H19N3O3/c1-4-16(8-12(17)15-2)13(18)10-7-9(19-3)5-6-11(10)14/h5-7H,4,8,14H2,1-3H3,(H,15,17). The lowest BCUT2D eigenvalue weighted by Crippen LogP contribution is -2.39. The Kier molecular flexibility index (Phi) is 5.17. The number of nitrogens with two attached hydrogens (primary N) is 1. The Balaban J connectivity index is 2.99. The summed E-state index contributed by atoms with van der Waals surface area (Å²) in [6.45, 7) is 2.22. The highest BCUT2D eigenvalue weighted by Gasteiger charge is 2.19. The van der Waals surface area contributed by atoms with Gasteiger partial charge in [0.25, 0.3) is 5.91 Å². The molecule has 0 aromatic heterocycles. The van der Waals surface area contributed by atoms with E-state index in [0.29, 0.717) is 23.5 Å². The summed E-state index contributed by atoms with van der Waals surface area (Å²) in [5.41, 5.74) is 6.50. The molecule has 0 unspecified atom stereocenters. The van der Waals surface area contributed by atoms with Crippen LogP contribution in [0.25, 0.3) is 0 Å². The summed E-state index contributed by atoms with van der Waals surface area (Å²) in [7, 11) is 3.04. The topological polar surface area (TPSA) is 84.7 Å². The van der Waals surface area contributed by atoms with Crippen LogP contribution in [0.3, 0.4) is 0 Å². The first kappa shape index (κ1) is 14.8. The molecular formula is C13H19N3O3. The van der Waals surface area contributed by atoms with Crippen molar-refractivity contribution in [2.24, 2.45) is 0 Å². The second-order valence-corrected chi connectivity index (χ2v) is 3.95. The number of rotatable bonds is 5. The maximum atomic E-state index is 12.3. The molecule has 2 amide bonds. The number of carbonyl (C=O) groups is 2. The first-order valence-corrected chi connectivity index (χ1v) is 5.96. The maximum absolute atomic E-state index is 12.3. The third kappa shape index (κ3) is 3.61. The molecule has 3 N–H and O–H groups in total. The van der Waals surface area contributed by atoms with Gasteiger partial charge in [-0.2, -0.15) is 0 Å². The number of methoxy groups -OCH3 is 1. The molecule has 0 spiro atoms. The first-order valence-electron chi connectivity index (χ1n) is 5.96. The van der Waals surface area contributed by atoms with Gasteiger partial charge in [-0.25, -0.2) is 0 Å². The normalized spacial score (nSPS) is 9.84. The minimum Gasteiger partial charge on any atom is -0.497 e. The zero-order valence-electron chi connectivity index (χ0n) is 11.4. The Morgan fingerprint density at radius 3 is 2.63 bits per heavy atom. The molecule has 0 atom stereocenters. The van der Waals surface area contributed by atoms with Gasteiger partial charge in [0, 0.05) is 19.3 Å². The Morgan fingerprint density at radius 2 is 2.11 bits per heavy atom. The van der Waals surface area contributed by atoms with Crippen LogP contribution < -0.4 is 15.8 Å². The lowest BCUT2D eigenvalue weighted by atomic mass is 10.1. The maximum Gasteiger partial charge on any atom is 0.256 e. The molecule has 104 valence electrons. The summed E-state index contributed by atoms with van der Waals surface area (Å²) in [6.07, 6.45) is 0. The van der Waals surface area contributed by atoms with Gasteiger partial charge in [-0.15, -0.1) is 0 Å². The SMILES string of the molecule is CCN(CC(=O)NC)C(=O)c1cc(OC)ccc1N. The average Bonchev–Trinajstić information content (AvgIpc) is 2.44. The predicted octanol–water partition coefficient (Wildman–Crippen LogP) is 0.485. The second-order valence-electron chi connectivity index (χ2n) is 3.95. The number of amides is 2. The highest BCUT2D eigenvalue weighted by Crippen LogP contribution is 2.21. The summed E-state index contributed by atoms with van der Waals surface area (Å²) in [5.74, 6) is 0.0349.